The van der Waals surface area contributed by atoms with Gasteiger partial charge in [-0.3, -0.25) is 0 Å². The Morgan fingerprint density at radius 2 is 1.81 bits per heavy atom. The highest BCUT2D eigenvalue weighted by Gasteiger charge is 2.41. The van der Waals surface area contributed by atoms with E-state index >= 15 is 0 Å². The molecule has 0 aliphatic heterocycles. The van der Waals surface area contributed by atoms with Gasteiger partial charge < -0.3 is 5.32 Å². The Morgan fingerprint density at radius 3 is 2.43 bits per heavy atom. The van der Waals surface area contributed by atoms with Gasteiger partial charge in [0.2, 0.25) is 0 Å². The summed E-state index contributed by atoms with van der Waals surface area (Å²) in [6.45, 7) is 10.1. The van der Waals surface area contributed by atoms with E-state index < -0.39 is 0 Å². The van der Waals surface area contributed by atoms with Gasteiger partial charge in [-0.1, -0.05) is 36.8 Å². The molecular weight excluding hydrogens is 254 g/mol. The van der Waals surface area contributed by atoms with Crippen LogP contribution >= 0.6 is 0 Å². The molecule has 0 bridgehead atoms. The summed E-state index contributed by atoms with van der Waals surface area (Å²) in [6, 6.07) is 9.02. The summed E-state index contributed by atoms with van der Waals surface area (Å²) >= 11 is 0. The van der Waals surface area contributed by atoms with Gasteiger partial charge in [0.05, 0.1) is 0 Å². The summed E-state index contributed by atoms with van der Waals surface area (Å²) < 4.78 is 0. The Hall–Kier alpha value is -1.50. The molecule has 2 atom stereocenters. The quantitative estimate of drug-likeness (QED) is 0.793. The molecule has 3 rings (SSSR count). The Kier molecular flexibility index (Phi) is 3.93. The topological polar surface area (TPSA) is 12.0 Å². The Bertz CT molecular complexity index is 606. The van der Waals surface area contributed by atoms with Crippen LogP contribution in [0.4, 0.5) is 0 Å². The van der Waals surface area contributed by atoms with Crippen molar-refractivity contribution in [3.05, 3.63) is 52.1 Å². The molecule has 0 radical (unpaired) electrons. The highest BCUT2D eigenvalue weighted by atomic mass is 14.9. The first kappa shape index (κ1) is 14.4. The van der Waals surface area contributed by atoms with Gasteiger partial charge in [-0.05, 0) is 68.6 Å². The molecule has 0 aromatic heterocycles. The highest BCUT2D eigenvalue weighted by Crippen LogP contribution is 2.55. The van der Waals surface area contributed by atoms with Gasteiger partial charge in [0, 0.05) is 17.8 Å². The fourth-order valence-electron chi connectivity index (χ4n) is 3.92. The highest BCUT2D eigenvalue weighted by molar-refractivity contribution is 5.77. The summed E-state index contributed by atoms with van der Waals surface area (Å²) in [5.74, 6) is 1.48. The van der Waals surface area contributed by atoms with Crippen LogP contribution in [0.5, 0.6) is 0 Å². The molecule has 1 aromatic carbocycles. The maximum atomic E-state index is 3.68. The monoisotopic (exact) mass is 281 g/mol. The molecular formula is C20H27N. The standard InChI is InChI=1S/C20H27N/c1-5-13(3)14(4)19-17-12-11-16(17)15-9-7-8-10-18(15)20(19)21-6-2/h7-10,16-17,21H,5-6,11-12H2,1-4H3/b14-13-. The smallest absolute Gasteiger partial charge is 0.0454 e. The van der Waals surface area contributed by atoms with E-state index in [4.69, 9.17) is 0 Å². The Morgan fingerprint density at radius 1 is 1.10 bits per heavy atom. The third-order valence-corrected chi connectivity index (χ3v) is 5.47. The number of benzene rings is 1. The van der Waals surface area contributed by atoms with Crippen molar-refractivity contribution in [2.24, 2.45) is 5.92 Å². The van der Waals surface area contributed by atoms with Crippen LogP contribution in [0.15, 0.2) is 41.0 Å². The van der Waals surface area contributed by atoms with E-state index in [9.17, 15) is 0 Å². The van der Waals surface area contributed by atoms with Crippen LogP contribution in [-0.4, -0.2) is 6.54 Å². The minimum atomic E-state index is 0.732. The minimum absolute atomic E-state index is 0.732. The number of nitrogens with one attached hydrogen (secondary N) is 1. The van der Waals surface area contributed by atoms with Crippen LogP contribution in [0.25, 0.3) is 5.70 Å². The van der Waals surface area contributed by atoms with E-state index in [1.807, 2.05) is 0 Å². The molecule has 1 aromatic rings. The van der Waals surface area contributed by atoms with Crippen LogP contribution < -0.4 is 5.32 Å². The van der Waals surface area contributed by atoms with Crippen molar-refractivity contribution in [2.45, 2.75) is 52.9 Å². The minimum Gasteiger partial charge on any atom is -0.385 e. The second-order valence-electron chi connectivity index (χ2n) is 6.46. The van der Waals surface area contributed by atoms with Gasteiger partial charge in [-0.15, -0.1) is 0 Å². The van der Waals surface area contributed by atoms with E-state index in [1.165, 1.54) is 35.2 Å². The van der Waals surface area contributed by atoms with E-state index in [2.05, 4.69) is 57.3 Å². The van der Waals surface area contributed by atoms with Crippen molar-refractivity contribution in [1.29, 1.82) is 0 Å². The molecule has 1 N–H and O–H groups in total. The van der Waals surface area contributed by atoms with Crippen LogP contribution in [0, 0.1) is 5.92 Å². The van der Waals surface area contributed by atoms with Crippen molar-refractivity contribution in [3.63, 3.8) is 0 Å². The van der Waals surface area contributed by atoms with E-state index in [-0.39, 0.29) is 0 Å². The van der Waals surface area contributed by atoms with E-state index in [1.54, 1.807) is 11.1 Å². The van der Waals surface area contributed by atoms with Crippen LogP contribution in [0.3, 0.4) is 0 Å². The molecule has 1 heteroatoms. The summed E-state index contributed by atoms with van der Waals surface area (Å²) in [4.78, 5) is 0. The summed E-state index contributed by atoms with van der Waals surface area (Å²) in [6.07, 6.45) is 3.84. The molecule has 0 heterocycles. The Labute approximate surface area is 129 Å². The molecule has 0 spiro atoms. The zero-order chi connectivity index (χ0) is 15.0. The average molecular weight is 281 g/mol. The number of hydrogen-bond donors (Lipinski definition) is 1. The molecule has 1 fully saturated rings. The number of fused-ring (bicyclic) bond motifs is 3. The van der Waals surface area contributed by atoms with Crippen molar-refractivity contribution >= 4 is 5.70 Å². The van der Waals surface area contributed by atoms with Crippen molar-refractivity contribution in [3.8, 4) is 0 Å². The van der Waals surface area contributed by atoms with Crippen molar-refractivity contribution in [1.82, 2.24) is 5.32 Å². The fraction of sp³-hybridized carbons (Fsp3) is 0.500. The SMILES string of the molecule is CCNC1=C(/C(C)=C(/C)CC)C2CCC2c2ccccc21. The predicted octanol–water partition coefficient (Wildman–Crippen LogP) is 5.26. The Balaban J connectivity index is 2.21. The van der Waals surface area contributed by atoms with Gasteiger partial charge in [0.25, 0.3) is 0 Å². The number of hydrogen-bond acceptors (Lipinski definition) is 1. The molecule has 2 aliphatic rings. The zero-order valence-electron chi connectivity index (χ0n) is 13.8. The first-order chi connectivity index (χ1) is 10.2. The number of allylic oxidation sites excluding steroid dienone is 3. The maximum absolute atomic E-state index is 3.68. The van der Waals surface area contributed by atoms with Crippen LogP contribution in [-0.2, 0) is 0 Å². The van der Waals surface area contributed by atoms with Crippen LogP contribution in [0.1, 0.15) is 64.0 Å². The molecule has 0 amide bonds. The second-order valence-corrected chi connectivity index (χ2v) is 6.46. The molecule has 21 heavy (non-hydrogen) atoms. The largest absolute Gasteiger partial charge is 0.385 e. The number of rotatable bonds is 4. The zero-order valence-corrected chi connectivity index (χ0v) is 13.8. The fourth-order valence-corrected chi connectivity index (χ4v) is 3.92. The lowest BCUT2D eigenvalue weighted by Gasteiger charge is -2.45. The molecule has 2 aliphatic carbocycles. The predicted molar refractivity (Wildman–Crippen MR) is 91.2 cm³/mol. The molecule has 1 nitrogen and oxygen atoms in total. The van der Waals surface area contributed by atoms with Crippen LogP contribution in [0.2, 0.25) is 0 Å². The summed E-state index contributed by atoms with van der Waals surface area (Å²) in [5, 5.41) is 3.68. The normalized spacial score (nSPS) is 24.8. The lowest BCUT2D eigenvalue weighted by Crippen LogP contribution is -2.34. The summed E-state index contributed by atoms with van der Waals surface area (Å²) in [7, 11) is 0. The molecule has 1 saturated carbocycles. The lowest BCUT2D eigenvalue weighted by atomic mass is 9.60. The average Bonchev–Trinajstić information content (AvgIpc) is 2.48. The first-order valence-corrected chi connectivity index (χ1v) is 8.43. The summed E-state index contributed by atoms with van der Waals surface area (Å²) in [5.41, 5.74) is 9.07. The molecule has 112 valence electrons. The first-order valence-electron chi connectivity index (χ1n) is 8.43. The van der Waals surface area contributed by atoms with Crippen molar-refractivity contribution in [2.75, 3.05) is 6.54 Å². The molecule has 0 saturated heterocycles. The van der Waals surface area contributed by atoms with Gasteiger partial charge in [0.15, 0.2) is 0 Å². The third-order valence-electron chi connectivity index (χ3n) is 5.47. The third kappa shape index (κ3) is 2.23. The van der Waals surface area contributed by atoms with Crippen molar-refractivity contribution < 1.29 is 0 Å². The van der Waals surface area contributed by atoms with Gasteiger partial charge in [0.1, 0.15) is 0 Å². The van der Waals surface area contributed by atoms with Gasteiger partial charge in [-0.2, -0.15) is 0 Å². The van der Waals surface area contributed by atoms with Gasteiger partial charge >= 0.3 is 0 Å². The maximum Gasteiger partial charge on any atom is 0.0454 e. The lowest BCUT2D eigenvalue weighted by molar-refractivity contribution is 0.297. The second kappa shape index (κ2) is 5.71. The van der Waals surface area contributed by atoms with E-state index in [0.29, 0.717) is 0 Å². The molecule has 2 unspecified atom stereocenters. The van der Waals surface area contributed by atoms with E-state index in [0.717, 1.165) is 24.8 Å². The van der Waals surface area contributed by atoms with Gasteiger partial charge in [-0.25, -0.2) is 0 Å².